The predicted molar refractivity (Wildman–Crippen MR) is 68.0 cm³/mol. The summed E-state index contributed by atoms with van der Waals surface area (Å²) < 4.78 is 0. The zero-order valence-electron chi connectivity index (χ0n) is 10.3. The Morgan fingerprint density at radius 3 is 2.41 bits per heavy atom. The van der Waals surface area contributed by atoms with Crippen molar-refractivity contribution in [3.05, 3.63) is 0 Å². The highest BCUT2D eigenvalue weighted by Gasteiger charge is 2.16. The Bertz CT molecular complexity index is 373. The van der Waals surface area contributed by atoms with Crippen LogP contribution in [0.4, 0.5) is 17.8 Å². The number of nitrogens with one attached hydrogen (secondary N) is 1. The zero-order chi connectivity index (χ0) is 12.3. The Morgan fingerprint density at radius 2 is 1.82 bits per heavy atom. The first kappa shape index (κ1) is 11.8. The molecule has 7 nitrogen and oxygen atoms in total. The number of rotatable bonds is 3. The second kappa shape index (κ2) is 5.13. The summed E-state index contributed by atoms with van der Waals surface area (Å²) in [6, 6.07) is 0. The van der Waals surface area contributed by atoms with Gasteiger partial charge in [-0.15, -0.1) is 0 Å². The van der Waals surface area contributed by atoms with Gasteiger partial charge in [0.05, 0.1) is 0 Å². The van der Waals surface area contributed by atoms with E-state index in [0.717, 1.165) is 13.1 Å². The van der Waals surface area contributed by atoms with Gasteiger partial charge in [-0.1, -0.05) is 0 Å². The van der Waals surface area contributed by atoms with Gasteiger partial charge in [-0.05, 0) is 19.3 Å². The number of nitrogens with two attached hydrogens (primary N) is 1. The van der Waals surface area contributed by atoms with Crippen LogP contribution < -0.4 is 21.1 Å². The molecule has 0 aliphatic carbocycles. The van der Waals surface area contributed by atoms with E-state index in [1.165, 1.54) is 19.3 Å². The molecular formula is C10H19N7. The van der Waals surface area contributed by atoms with Crippen molar-refractivity contribution in [3.63, 3.8) is 0 Å². The third-order valence-electron chi connectivity index (χ3n) is 2.78. The van der Waals surface area contributed by atoms with Gasteiger partial charge in [0.1, 0.15) is 0 Å². The van der Waals surface area contributed by atoms with Crippen LogP contribution in [0.15, 0.2) is 0 Å². The average molecular weight is 237 g/mol. The number of hydrogen-bond acceptors (Lipinski definition) is 7. The number of nitrogens with zero attached hydrogens (tertiary/aromatic N) is 5. The molecule has 3 N–H and O–H groups in total. The van der Waals surface area contributed by atoms with Crippen LogP contribution in [0.5, 0.6) is 0 Å². The van der Waals surface area contributed by atoms with Gasteiger partial charge >= 0.3 is 0 Å². The second-order valence-corrected chi connectivity index (χ2v) is 4.35. The van der Waals surface area contributed by atoms with Crippen molar-refractivity contribution in [1.82, 2.24) is 15.0 Å². The molecule has 0 atom stereocenters. The number of hydrogen-bond donors (Lipinski definition) is 2. The molecule has 1 fully saturated rings. The standard InChI is InChI=1S/C10H19N7/c1-16(2)9-12-8(15-11)13-10(14-9)17-6-4-3-5-7-17/h3-7,11H2,1-2H3,(H,12,13,14,15). The first-order chi connectivity index (χ1) is 8.20. The molecule has 2 rings (SSSR count). The van der Waals surface area contributed by atoms with Crippen molar-refractivity contribution in [3.8, 4) is 0 Å². The lowest BCUT2D eigenvalue weighted by atomic mass is 10.1. The number of aromatic nitrogens is 3. The summed E-state index contributed by atoms with van der Waals surface area (Å²) in [6.45, 7) is 2.00. The molecule has 2 heterocycles. The van der Waals surface area contributed by atoms with E-state index in [2.05, 4.69) is 25.3 Å². The number of nitrogen functional groups attached to an aromatic ring is 1. The minimum atomic E-state index is 0.407. The minimum Gasteiger partial charge on any atom is -0.347 e. The van der Waals surface area contributed by atoms with Crippen LogP contribution in [0.3, 0.4) is 0 Å². The van der Waals surface area contributed by atoms with Crippen LogP contribution in [0, 0.1) is 0 Å². The second-order valence-electron chi connectivity index (χ2n) is 4.35. The summed E-state index contributed by atoms with van der Waals surface area (Å²) in [5, 5.41) is 0. The van der Waals surface area contributed by atoms with Crippen molar-refractivity contribution in [1.29, 1.82) is 0 Å². The SMILES string of the molecule is CN(C)c1nc(NN)nc(N2CCCCC2)n1. The molecule has 1 aliphatic heterocycles. The first-order valence-corrected chi connectivity index (χ1v) is 5.85. The fourth-order valence-electron chi connectivity index (χ4n) is 1.85. The molecule has 0 saturated carbocycles. The topological polar surface area (TPSA) is 83.2 Å². The van der Waals surface area contributed by atoms with Crippen LogP contribution in [-0.2, 0) is 0 Å². The third kappa shape index (κ3) is 2.73. The fourth-order valence-corrected chi connectivity index (χ4v) is 1.85. The normalized spacial score (nSPS) is 15.8. The highest BCUT2D eigenvalue weighted by atomic mass is 15.4. The van der Waals surface area contributed by atoms with Gasteiger partial charge in [-0.25, -0.2) is 5.84 Å². The van der Waals surface area contributed by atoms with Crippen molar-refractivity contribution < 1.29 is 0 Å². The molecule has 1 aromatic heterocycles. The molecule has 1 aromatic rings. The smallest absolute Gasteiger partial charge is 0.243 e. The molecule has 0 aromatic carbocycles. The Kier molecular flexibility index (Phi) is 3.58. The summed E-state index contributed by atoms with van der Waals surface area (Å²) in [5.74, 6) is 7.11. The number of hydrazine groups is 1. The lowest BCUT2D eigenvalue weighted by molar-refractivity contribution is 0.567. The van der Waals surface area contributed by atoms with Crippen LogP contribution in [0.1, 0.15) is 19.3 Å². The van der Waals surface area contributed by atoms with Gasteiger partial charge in [-0.2, -0.15) is 15.0 Å². The van der Waals surface area contributed by atoms with Gasteiger partial charge in [0.2, 0.25) is 17.8 Å². The molecule has 1 aliphatic rings. The lowest BCUT2D eigenvalue weighted by Gasteiger charge is -2.27. The van der Waals surface area contributed by atoms with E-state index in [1.807, 2.05) is 19.0 Å². The van der Waals surface area contributed by atoms with Crippen LogP contribution in [-0.4, -0.2) is 42.1 Å². The largest absolute Gasteiger partial charge is 0.347 e. The van der Waals surface area contributed by atoms with Crippen molar-refractivity contribution >= 4 is 17.8 Å². The number of anilines is 3. The Balaban J connectivity index is 2.28. The molecule has 7 heteroatoms. The van der Waals surface area contributed by atoms with E-state index in [4.69, 9.17) is 5.84 Å². The monoisotopic (exact) mass is 237 g/mol. The highest BCUT2D eigenvalue weighted by molar-refractivity contribution is 5.44. The maximum absolute atomic E-state index is 5.38. The van der Waals surface area contributed by atoms with E-state index in [9.17, 15) is 0 Å². The van der Waals surface area contributed by atoms with E-state index < -0.39 is 0 Å². The van der Waals surface area contributed by atoms with Crippen molar-refractivity contribution in [2.75, 3.05) is 42.4 Å². The lowest BCUT2D eigenvalue weighted by Crippen LogP contribution is -2.32. The van der Waals surface area contributed by atoms with E-state index in [-0.39, 0.29) is 0 Å². The van der Waals surface area contributed by atoms with E-state index in [0.29, 0.717) is 17.8 Å². The molecule has 0 radical (unpaired) electrons. The van der Waals surface area contributed by atoms with Gasteiger partial charge < -0.3 is 9.80 Å². The van der Waals surface area contributed by atoms with Crippen LogP contribution >= 0.6 is 0 Å². The average Bonchev–Trinajstić information content (AvgIpc) is 2.39. The first-order valence-electron chi connectivity index (χ1n) is 5.85. The van der Waals surface area contributed by atoms with Gasteiger partial charge in [0, 0.05) is 27.2 Å². The molecule has 1 saturated heterocycles. The maximum Gasteiger partial charge on any atom is 0.243 e. The molecule has 0 unspecified atom stereocenters. The third-order valence-corrected chi connectivity index (χ3v) is 2.78. The summed E-state index contributed by atoms with van der Waals surface area (Å²) in [5.41, 5.74) is 2.49. The van der Waals surface area contributed by atoms with Crippen LogP contribution in [0.2, 0.25) is 0 Å². The van der Waals surface area contributed by atoms with Gasteiger partial charge in [0.15, 0.2) is 0 Å². The van der Waals surface area contributed by atoms with Crippen LogP contribution in [0.25, 0.3) is 0 Å². The molecule has 94 valence electrons. The van der Waals surface area contributed by atoms with Gasteiger partial charge in [0.25, 0.3) is 0 Å². The summed E-state index contributed by atoms with van der Waals surface area (Å²) in [7, 11) is 3.80. The zero-order valence-corrected chi connectivity index (χ0v) is 10.3. The quantitative estimate of drug-likeness (QED) is 0.574. The summed E-state index contributed by atoms with van der Waals surface area (Å²) in [6.07, 6.45) is 3.66. The summed E-state index contributed by atoms with van der Waals surface area (Å²) >= 11 is 0. The maximum atomic E-state index is 5.38. The molecular weight excluding hydrogens is 218 g/mol. The highest BCUT2D eigenvalue weighted by Crippen LogP contribution is 2.18. The van der Waals surface area contributed by atoms with E-state index in [1.54, 1.807) is 0 Å². The Labute approximate surface area is 101 Å². The fraction of sp³-hybridized carbons (Fsp3) is 0.700. The predicted octanol–water partition coefficient (Wildman–Crippen LogP) is 0.213. The number of piperidine rings is 1. The Morgan fingerprint density at radius 1 is 1.12 bits per heavy atom. The van der Waals surface area contributed by atoms with Crippen molar-refractivity contribution in [2.24, 2.45) is 5.84 Å². The summed E-state index contributed by atoms with van der Waals surface area (Å²) in [4.78, 5) is 16.9. The Hall–Kier alpha value is -1.63. The minimum absolute atomic E-state index is 0.407. The van der Waals surface area contributed by atoms with Crippen molar-refractivity contribution in [2.45, 2.75) is 19.3 Å². The van der Waals surface area contributed by atoms with Gasteiger partial charge in [-0.3, -0.25) is 5.43 Å². The molecule has 0 spiro atoms. The molecule has 0 bridgehead atoms. The molecule has 0 amide bonds. The van der Waals surface area contributed by atoms with E-state index >= 15 is 0 Å². The molecule has 17 heavy (non-hydrogen) atoms.